The normalized spacial score (nSPS) is 20.8. The van der Waals surface area contributed by atoms with E-state index in [2.05, 4.69) is 15.4 Å². The van der Waals surface area contributed by atoms with Crippen LogP contribution in [0.15, 0.2) is 0 Å². The first-order valence-electron chi connectivity index (χ1n) is 4.98. The summed E-state index contributed by atoms with van der Waals surface area (Å²) in [6.45, 7) is 4.98. The Morgan fingerprint density at radius 1 is 1.44 bits per heavy atom. The Bertz CT molecular complexity index is 384. The highest BCUT2D eigenvalue weighted by atomic mass is 19.4. The molecule has 0 saturated carbocycles. The van der Waals surface area contributed by atoms with Crippen LogP contribution >= 0.6 is 0 Å². The standard InChI is InChI=1S/C8H12F3N5/c1-5(2)15-3-12-7-13-6(8(9,10)11)14-16(7)4-15/h5H,3-4H2,1-2H3,(H,12,13,14)/p+1. The molecule has 1 aliphatic heterocycles. The number of hydrogen-bond acceptors (Lipinski definition) is 3. The molecular weight excluding hydrogens is 223 g/mol. The summed E-state index contributed by atoms with van der Waals surface area (Å²) in [6, 6.07) is 0.319. The molecule has 8 heteroatoms. The number of hydrogen-bond donors (Lipinski definition) is 2. The van der Waals surface area contributed by atoms with Gasteiger partial charge in [0.2, 0.25) is 5.95 Å². The summed E-state index contributed by atoms with van der Waals surface area (Å²) in [6.07, 6.45) is -4.48. The maximum Gasteiger partial charge on any atom is 0.453 e. The number of nitrogens with zero attached hydrogens (tertiary/aromatic N) is 3. The second-order valence-electron chi connectivity index (χ2n) is 4.08. The van der Waals surface area contributed by atoms with E-state index in [1.54, 1.807) is 0 Å². The predicted octanol–water partition coefficient (Wildman–Crippen LogP) is -0.0693. The fourth-order valence-electron chi connectivity index (χ4n) is 1.53. The lowest BCUT2D eigenvalue weighted by Crippen LogP contribution is -3.16. The Balaban J connectivity index is 2.23. The fraction of sp³-hybridized carbons (Fsp3) is 0.750. The number of rotatable bonds is 1. The smallest absolute Gasteiger partial charge is 0.307 e. The van der Waals surface area contributed by atoms with Crippen LogP contribution in [0, 0.1) is 0 Å². The highest BCUT2D eigenvalue weighted by molar-refractivity contribution is 5.25. The molecule has 0 aromatic carbocycles. The fourth-order valence-corrected chi connectivity index (χ4v) is 1.53. The van der Waals surface area contributed by atoms with Gasteiger partial charge in [-0.25, -0.2) is 0 Å². The van der Waals surface area contributed by atoms with Crippen molar-refractivity contribution in [2.75, 3.05) is 12.0 Å². The summed E-state index contributed by atoms with van der Waals surface area (Å²) in [5, 5.41) is 6.29. The number of nitrogens with one attached hydrogen (secondary N) is 2. The molecule has 1 atom stereocenters. The highest BCUT2D eigenvalue weighted by Gasteiger charge is 2.38. The van der Waals surface area contributed by atoms with E-state index in [0.717, 1.165) is 4.90 Å². The van der Waals surface area contributed by atoms with Crippen molar-refractivity contribution in [3.8, 4) is 0 Å². The summed E-state index contributed by atoms with van der Waals surface area (Å²) < 4.78 is 38.3. The van der Waals surface area contributed by atoms with Crippen LogP contribution in [0.1, 0.15) is 19.7 Å². The molecule has 0 bridgehead atoms. The number of alkyl halides is 3. The summed E-state index contributed by atoms with van der Waals surface area (Å²) in [4.78, 5) is 4.54. The molecule has 0 fully saturated rings. The quantitative estimate of drug-likeness (QED) is 0.717. The van der Waals surface area contributed by atoms with E-state index in [0.29, 0.717) is 19.4 Å². The number of fused-ring (bicyclic) bond motifs is 1. The van der Waals surface area contributed by atoms with Crippen LogP contribution in [0.25, 0.3) is 0 Å². The van der Waals surface area contributed by atoms with Gasteiger partial charge in [0.05, 0.1) is 6.04 Å². The van der Waals surface area contributed by atoms with Gasteiger partial charge in [-0.3, -0.25) is 4.90 Å². The molecule has 0 spiro atoms. The Kier molecular flexibility index (Phi) is 2.53. The van der Waals surface area contributed by atoms with Crippen molar-refractivity contribution in [3.63, 3.8) is 0 Å². The maximum absolute atomic E-state index is 12.4. The summed E-state index contributed by atoms with van der Waals surface area (Å²) >= 11 is 0. The van der Waals surface area contributed by atoms with Crippen LogP contribution in [-0.4, -0.2) is 27.5 Å². The molecule has 90 valence electrons. The van der Waals surface area contributed by atoms with Crippen molar-refractivity contribution in [3.05, 3.63) is 5.82 Å². The molecule has 1 aliphatic rings. The zero-order valence-electron chi connectivity index (χ0n) is 8.97. The minimum atomic E-state index is -4.48. The van der Waals surface area contributed by atoms with Gasteiger partial charge in [-0.1, -0.05) is 0 Å². The van der Waals surface area contributed by atoms with Crippen LogP contribution in [0.3, 0.4) is 0 Å². The van der Waals surface area contributed by atoms with Gasteiger partial charge in [0, 0.05) is 0 Å². The first-order valence-corrected chi connectivity index (χ1v) is 4.98. The first-order chi connectivity index (χ1) is 7.38. The van der Waals surface area contributed by atoms with Crippen LogP contribution < -0.4 is 10.2 Å². The number of quaternary nitrogens is 1. The predicted molar refractivity (Wildman–Crippen MR) is 49.6 cm³/mol. The monoisotopic (exact) mass is 236 g/mol. The third-order valence-electron chi connectivity index (χ3n) is 2.57. The van der Waals surface area contributed by atoms with Crippen LogP contribution in [-0.2, 0) is 12.8 Å². The van der Waals surface area contributed by atoms with Gasteiger partial charge < -0.3 is 5.32 Å². The Hall–Kier alpha value is -1.31. The van der Waals surface area contributed by atoms with Gasteiger partial charge >= 0.3 is 6.18 Å². The van der Waals surface area contributed by atoms with E-state index in [1.807, 2.05) is 13.8 Å². The van der Waals surface area contributed by atoms with Crippen molar-refractivity contribution in [2.24, 2.45) is 0 Å². The summed E-state index contributed by atoms with van der Waals surface area (Å²) in [7, 11) is 0. The highest BCUT2D eigenvalue weighted by Crippen LogP contribution is 2.27. The largest absolute Gasteiger partial charge is 0.453 e. The molecule has 0 saturated heterocycles. The molecule has 2 N–H and O–H groups in total. The molecule has 0 amide bonds. The maximum atomic E-state index is 12.4. The van der Waals surface area contributed by atoms with Crippen molar-refractivity contribution in [1.29, 1.82) is 0 Å². The average molecular weight is 236 g/mol. The lowest BCUT2D eigenvalue weighted by molar-refractivity contribution is -0.943. The third kappa shape index (κ3) is 1.97. The van der Waals surface area contributed by atoms with Gasteiger partial charge in [0.1, 0.15) is 0 Å². The van der Waals surface area contributed by atoms with Crippen LogP contribution in [0.5, 0.6) is 0 Å². The van der Waals surface area contributed by atoms with Gasteiger partial charge in [0.25, 0.3) is 5.82 Å². The molecule has 5 nitrogen and oxygen atoms in total. The third-order valence-corrected chi connectivity index (χ3v) is 2.57. The molecule has 0 radical (unpaired) electrons. The van der Waals surface area contributed by atoms with E-state index in [1.165, 1.54) is 4.68 Å². The molecule has 2 rings (SSSR count). The Labute approximate surface area is 90.2 Å². The first kappa shape index (κ1) is 11.2. The van der Waals surface area contributed by atoms with E-state index in [-0.39, 0.29) is 5.95 Å². The van der Waals surface area contributed by atoms with Crippen molar-refractivity contribution in [1.82, 2.24) is 14.8 Å². The zero-order chi connectivity index (χ0) is 11.9. The van der Waals surface area contributed by atoms with E-state index in [4.69, 9.17) is 0 Å². The molecule has 16 heavy (non-hydrogen) atoms. The summed E-state index contributed by atoms with van der Waals surface area (Å²) in [5.74, 6) is -0.892. The van der Waals surface area contributed by atoms with E-state index >= 15 is 0 Å². The van der Waals surface area contributed by atoms with Crippen LogP contribution in [0.4, 0.5) is 19.1 Å². The molecular formula is C8H13F3N5+. The summed E-state index contributed by atoms with van der Waals surface area (Å²) in [5.41, 5.74) is 0. The SMILES string of the molecule is CC(C)[NH+]1CNc2nc(C(F)(F)F)nn2C1. The second-order valence-corrected chi connectivity index (χ2v) is 4.08. The number of anilines is 1. The topological polar surface area (TPSA) is 47.2 Å². The van der Waals surface area contributed by atoms with Crippen molar-refractivity contribution >= 4 is 5.95 Å². The molecule has 0 aliphatic carbocycles. The van der Waals surface area contributed by atoms with Gasteiger partial charge in [-0.05, 0) is 13.8 Å². The van der Waals surface area contributed by atoms with E-state index < -0.39 is 12.0 Å². The average Bonchev–Trinajstić information content (AvgIpc) is 2.58. The molecule has 1 aromatic heterocycles. The Morgan fingerprint density at radius 2 is 2.12 bits per heavy atom. The minimum absolute atomic E-state index is 0.191. The van der Waals surface area contributed by atoms with Gasteiger partial charge in [-0.2, -0.15) is 22.8 Å². The number of halogens is 3. The molecule has 2 heterocycles. The van der Waals surface area contributed by atoms with Crippen molar-refractivity contribution < 1.29 is 18.1 Å². The lowest BCUT2D eigenvalue weighted by atomic mass is 10.3. The minimum Gasteiger partial charge on any atom is -0.307 e. The zero-order valence-corrected chi connectivity index (χ0v) is 8.97. The van der Waals surface area contributed by atoms with Gasteiger partial charge in [0.15, 0.2) is 13.3 Å². The Morgan fingerprint density at radius 3 is 2.69 bits per heavy atom. The molecule has 1 aromatic rings. The van der Waals surface area contributed by atoms with E-state index in [9.17, 15) is 13.2 Å². The van der Waals surface area contributed by atoms with Crippen molar-refractivity contribution in [2.45, 2.75) is 32.7 Å². The molecule has 1 unspecified atom stereocenters. The van der Waals surface area contributed by atoms with Crippen LogP contribution in [0.2, 0.25) is 0 Å². The lowest BCUT2D eigenvalue weighted by Gasteiger charge is -2.27. The number of aromatic nitrogens is 3. The van der Waals surface area contributed by atoms with Gasteiger partial charge in [-0.15, -0.1) is 5.10 Å². The second kappa shape index (κ2) is 3.62.